The van der Waals surface area contributed by atoms with E-state index in [4.69, 9.17) is 27.4 Å². The summed E-state index contributed by atoms with van der Waals surface area (Å²) in [7, 11) is 0. The molecule has 2 heterocycles. The smallest absolute Gasteiger partial charge is 0.296 e. The van der Waals surface area contributed by atoms with Crippen LogP contribution in [0.3, 0.4) is 0 Å². The van der Waals surface area contributed by atoms with Crippen LogP contribution in [0, 0.1) is 30.6 Å². The van der Waals surface area contributed by atoms with Crippen molar-refractivity contribution in [2.24, 2.45) is 5.92 Å². The Morgan fingerprint density at radius 3 is 2.50 bits per heavy atom. The van der Waals surface area contributed by atoms with Crippen molar-refractivity contribution in [1.29, 1.82) is 0 Å². The Balaban J connectivity index is 2.34. The maximum atomic E-state index is 12.5. The molecule has 0 bridgehead atoms. The molecular formula is C16H17NO7. The highest BCUT2D eigenvalue weighted by atomic mass is 16.6. The zero-order chi connectivity index (χ0) is 17.9. The number of rotatable bonds is 5. The van der Waals surface area contributed by atoms with Crippen LogP contribution in [-0.4, -0.2) is 76.2 Å². The van der Waals surface area contributed by atoms with Gasteiger partial charge in [0.2, 0.25) is 5.91 Å². The molecule has 8 nitrogen and oxygen atoms in total. The maximum absolute atomic E-state index is 12.5. The van der Waals surface area contributed by atoms with Crippen LogP contribution in [0.5, 0.6) is 0 Å². The zero-order valence-electron chi connectivity index (χ0n) is 12.7. The first kappa shape index (κ1) is 18.0. The highest BCUT2D eigenvalue weighted by molar-refractivity contribution is 6.07. The van der Waals surface area contributed by atoms with Gasteiger partial charge in [-0.2, -0.15) is 0 Å². The van der Waals surface area contributed by atoms with Gasteiger partial charge in [-0.3, -0.25) is 14.5 Å². The molecule has 2 aliphatic heterocycles. The van der Waals surface area contributed by atoms with E-state index < -0.39 is 48.8 Å². The number of hydrogen-bond donors (Lipinski definition) is 3. The van der Waals surface area contributed by atoms with E-state index in [0.717, 1.165) is 4.90 Å². The van der Waals surface area contributed by atoms with Gasteiger partial charge in [0.05, 0.1) is 19.1 Å². The lowest BCUT2D eigenvalue weighted by atomic mass is 9.91. The van der Waals surface area contributed by atoms with E-state index in [-0.39, 0.29) is 18.9 Å². The zero-order valence-corrected chi connectivity index (χ0v) is 12.7. The molecule has 3 N–H and O–H groups in total. The number of carbonyl (C=O) groups excluding carboxylic acids is 2. The second kappa shape index (κ2) is 7.47. The lowest BCUT2D eigenvalue weighted by Gasteiger charge is -2.31. The first-order valence-corrected chi connectivity index (χ1v) is 7.16. The number of carbonyl (C=O) groups is 2. The number of aliphatic hydroxyl groups excluding tert-OH is 3. The quantitative estimate of drug-likeness (QED) is 0.379. The monoisotopic (exact) mass is 335 g/mol. The number of hydrogen-bond acceptors (Lipinski definition) is 7. The predicted octanol–water partition coefficient (Wildman–Crippen LogP) is -2.38. The van der Waals surface area contributed by atoms with Gasteiger partial charge in [0.15, 0.2) is 5.76 Å². The maximum Gasteiger partial charge on any atom is 0.296 e. The third kappa shape index (κ3) is 3.14. The van der Waals surface area contributed by atoms with Crippen molar-refractivity contribution < 1.29 is 34.4 Å². The van der Waals surface area contributed by atoms with E-state index in [9.17, 15) is 19.8 Å². The Bertz CT molecular complexity index is 629. The minimum atomic E-state index is -1.43. The van der Waals surface area contributed by atoms with Gasteiger partial charge < -0.3 is 24.8 Å². The third-order valence-corrected chi connectivity index (χ3v) is 3.83. The van der Waals surface area contributed by atoms with E-state index in [1.165, 1.54) is 6.08 Å². The van der Waals surface area contributed by atoms with Crippen molar-refractivity contribution in [3.8, 4) is 24.7 Å². The van der Waals surface area contributed by atoms with E-state index in [2.05, 4.69) is 11.8 Å². The normalized spacial score (nSPS) is 33.0. The summed E-state index contributed by atoms with van der Waals surface area (Å²) in [6.45, 7) is -1.02. The molecule has 2 amide bonds. The minimum Gasteiger partial charge on any atom is -0.475 e. The second-order valence-corrected chi connectivity index (χ2v) is 5.29. The molecular weight excluding hydrogens is 318 g/mol. The number of nitrogens with zero attached hydrogens (tertiary/aromatic N) is 1. The topological polar surface area (TPSA) is 117 Å². The van der Waals surface area contributed by atoms with Gasteiger partial charge in [-0.15, -0.1) is 12.8 Å². The van der Waals surface area contributed by atoms with Crippen LogP contribution >= 0.6 is 0 Å². The summed E-state index contributed by atoms with van der Waals surface area (Å²) in [4.78, 5) is 25.5. The highest BCUT2D eigenvalue weighted by Gasteiger charge is 2.50. The molecule has 5 atom stereocenters. The number of imide groups is 1. The standard InChI is InChI=1S/C16H17NO7/c1-3-5-17-15(21)9(7-10(16(17)22)23-6-4-2)14-13(20)12(19)11(8-18)24-14/h1-2,7,9,11-14,18-20H,5-6,8H2/t9?,11?,12?,13-,14?/m0/s1. The summed E-state index contributed by atoms with van der Waals surface area (Å²) in [5.74, 6) is 1.65. The average molecular weight is 335 g/mol. The summed E-state index contributed by atoms with van der Waals surface area (Å²) in [6, 6.07) is 0. The fourth-order valence-electron chi connectivity index (χ4n) is 2.65. The van der Waals surface area contributed by atoms with Crippen molar-refractivity contribution in [3.05, 3.63) is 11.8 Å². The van der Waals surface area contributed by atoms with Crippen LogP contribution in [0.25, 0.3) is 0 Å². The van der Waals surface area contributed by atoms with Gasteiger partial charge in [-0.25, -0.2) is 0 Å². The number of aliphatic hydroxyl groups is 3. The molecule has 0 aromatic carbocycles. The molecule has 24 heavy (non-hydrogen) atoms. The number of amides is 2. The van der Waals surface area contributed by atoms with Crippen LogP contribution < -0.4 is 0 Å². The van der Waals surface area contributed by atoms with Gasteiger partial charge in [0, 0.05) is 0 Å². The van der Waals surface area contributed by atoms with Crippen molar-refractivity contribution in [1.82, 2.24) is 4.90 Å². The van der Waals surface area contributed by atoms with E-state index in [0.29, 0.717) is 0 Å². The van der Waals surface area contributed by atoms with Crippen LogP contribution in [0.1, 0.15) is 0 Å². The fourth-order valence-corrected chi connectivity index (χ4v) is 2.65. The molecule has 128 valence electrons. The molecule has 2 rings (SSSR count). The van der Waals surface area contributed by atoms with Crippen molar-refractivity contribution >= 4 is 11.8 Å². The third-order valence-electron chi connectivity index (χ3n) is 3.83. The Morgan fingerprint density at radius 2 is 1.96 bits per heavy atom. The fraction of sp³-hybridized carbons (Fsp3) is 0.500. The lowest BCUT2D eigenvalue weighted by Crippen LogP contribution is -2.50. The first-order valence-electron chi connectivity index (χ1n) is 7.16. The predicted molar refractivity (Wildman–Crippen MR) is 79.7 cm³/mol. The summed E-state index contributed by atoms with van der Waals surface area (Å²) < 4.78 is 10.5. The lowest BCUT2D eigenvalue weighted by molar-refractivity contribution is -0.151. The van der Waals surface area contributed by atoms with Gasteiger partial charge >= 0.3 is 0 Å². The Labute approximate surface area is 138 Å². The molecule has 0 aromatic rings. The van der Waals surface area contributed by atoms with Crippen LogP contribution in [0.4, 0.5) is 0 Å². The summed E-state index contributed by atoms with van der Waals surface area (Å²) in [6.07, 6.45) is 6.46. The summed E-state index contributed by atoms with van der Waals surface area (Å²) in [5.41, 5.74) is 0. The molecule has 1 saturated heterocycles. The minimum absolute atomic E-state index is 0.189. The van der Waals surface area contributed by atoms with Gasteiger partial charge in [-0.1, -0.05) is 11.8 Å². The summed E-state index contributed by atoms with van der Waals surface area (Å²) >= 11 is 0. The number of ether oxygens (including phenoxy) is 2. The molecule has 4 unspecified atom stereocenters. The highest BCUT2D eigenvalue weighted by Crippen LogP contribution is 2.32. The van der Waals surface area contributed by atoms with Crippen molar-refractivity contribution in [3.63, 3.8) is 0 Å². The number of terminal acetylenes is 2. The van der Waals surface area contributed by atoms with E-state index >= 15 is 0 Å². The van der Waals surface area contributed by atoms with Crippen LogP contribution in [-0.2, 0) is 19.1 Å². The molecule has 8 heteroatoms. The molecule has 0 saturated carbocycles. The largest absolute Gasteiger partial charge is 0.475 e. The Hall–Kier alpha value is -2.36. The molecule has 0 aromatic heterocycles. The van der Waals surface area contributed by atoms with Crippen molar-refractivity contribution in [2.75, 3.05) is 19.8 Å². The second-order valence-electron chi connectivity index (χ2n) is 5.29. The van der Waals surface area contributed by atoms with Crippen molar-refractivity contribution in [2.45, 2.75) is 24.4 Å². The summed E-state index contributed by atoms with van der Waals surface area (Å²) in [5, 5.41) is 29.1. The first-order chi connectivity index (χ1) is 11.5. The van der Waals surface area contributed by atoms with E-state index in [1.54, 1.807) is 0 Å². The SMILES string of the molecule is C#CCOC1=CC(C2OC(CO)C(O)[C@@H]2O)C(=O)N(CC#C)C1=O. The van der Waals surface area contributed by atoms with Gasteiger partial charge in [0.25, 0.3) is 5.91 Å². The average Bonchev–Trinajstić information content (AvgIpc) is 2.86. The Morgan fingerprint density at radius 1 is 1.25 bits per heavy atom. The van der Waals surface area contributed by atoms with Crippen LogP contribution in [0.15, 0.2) is 11.8 Å². The molecule has 1 fully saturated rings. The van der Waals surface area contributed by atoms with Crippen LogP contribution in [0.2, 0.25) is 0 Å². The Kier molecular flexibility index (Phi) is 5.60. The molecule has 0 aliphatic carbocycles. The van der Waals surface area contributed by atoms with E-state index in [1.807, 2.05) is 0 Å². The molecule has 2 aliphatic rings. The van der Waals surface area contributed by atoms with Gasteiger partial charge in [-0.05, 0) is 6.08 Å². The van der Waals surface area contributed by atoms with Gasteiger partial charge in [0.1, 0.15) is 31.0 Å². The molecule has 0 spiro atoms. The molecule has 0 radical (unpaired) electrons.